The maximum Gasteiger partial charge on any atom is 0.291 e. The van der Waals surface area contributed by atoms with E-state index in [1.54, 1.807) is 0 Å². The number of carbonyl (C=O) groups is 1. The molecule has 142 valence electrons. The summed E-state index contributed by atoms with van der Waals surface area (Å²) in [6.07, 6.45) is 0. The second kappa shape index (κ2) is 6.90. The number of H-pyrrole nitrogens is 1. The molecule has 0 saturated carbocycles. The van der Waals surface area contributed by atoms with Crippen molar-refractivity contribution in [2.45, 2.75) is 6.92 Å². The molecular formula is C23H16BrN3O2. The van der Waals surface area contributed by atoms with Crippen LogP contribution in [0.2, 0.25) is 0 Å². The number of fused-ring (bicyclic) bond motifs is 2. The van der Waals surface area contributed by atoms with E-state index in [1.165, 1.54) is 0 Å². The molecule has 5 aromatic rings. The molecule has 0 atom stereocenters. The number of aryl methyl sites for hydroxylation is 1. The first-order valence-electron chi connectivity index (χ1n) is 9.14. The lowest BCUT2D eigenvalue weighted by Crippen LogP contribution is -2.13. The predicted octanol–water partition coefficient (Wildman–Crippen LogP) is 6.30. The number of nitrogens with one attached hydrogen (secondary N) is 2. The lowest BCUT2D eigenvalue weighted by atomic mass is 10.1. The molecule has 0 aliphatic carbocycles. The van der Waals surface area contributed by atoms with Gasteiger partial charge in [0.25, 0.3) is 5.91 Å². The Hall–Kier alpha value is -3.38. The second-order valence-electron chi connectivity index (χ2n) is 6.80. The summed E-state index contributed by atoms with van der Waals surface area (Å²) in [5.74, 6) is 0.711. The summed E-state index contributed by atoms with van der Waals surface area (Å²) in [5.41, 5.74) is 4.79. The van der Waals surface area contributed by atoms with Gasteiger partial charge in [-0.2, -0.15) is 0 Å². The van der Waals surface area contributed by atoms with E-state index in [0.29, 0.717) is 22.9 Å². The molecule has 0 bridgehead atoms. The smallest absolute Gasteiger partial charge is 0.291 e. The monoisotopic (exact) mass is 445 g/mol. The highest BCUT2D eigenvalue weighted by molar-refractivity contribution is 9.10. The van der Waals surface area contributed by atoms with Crippen molar-refractivity contribution < 1.29 is 9.21 Å². The van der Waals surface area contributed by atoms with Crippen LogP contribution in [0.25, 0.3) is 33.4 Å². The van der Waals surface area contributed by atoms with Crippen molar-refractivity contribution in [2.24, 2.45) is 0 Å². The van der Waals surface area contributed by atoms with Gasteiger partial charge < -0.3 is 14.7 Å². The molecule has 5 rings (SSSR count). The molecule has 0 unspecified atom stereocenters. The molecule has 0 fully saturated rings. The van der Waals surface area contributed by atoms with E-state index in [-0.39, 0.29) is 5.91 Å². The zero-order valence-electron chi connectivity index (χ0n) is 15.5. The van der Waals surface area contributed by atoms with Crippen LogP contribution in [0, 0.1) is 6.92 Å². The van der Waals surface area contributed by atoms with Gasteiger partial charge in [-0.25, -0.2) is 4.98 Å². The molecule has 3 aromatic carbocycles. The normalized spacial score (nSPS) is 11.2. The maximum atomic E-state index is 13.0. The summed E-state index contributed by atoms with van der Waals surface area (Å²) in [6, 6.07) is 21.1. The van der Waals surface area contributed by atoms with E-state index in [1.807, 2.05) is 73.7 Å². The number of halogens is 1. The molecule has 29 heavy (non-hydrogen) atoms. The number of benzene rings is 3. The molecular weight excluding hydrogens is 430 g/mol. The summed E-state index contributed by atoms with van der Waals surface area (Å²) in [7, 11) is 0. The van der Waals surface area contributed by atoms with Gasteiger partial charge in [-0.05, 0) is 49.4 Å². The quantitative estimate of drug-likeness (QED) is 0.342. The Morgan fingerprint density at radius 2 is 1.86 bits per heavy atom. The first kappa shape index (κ1) is 17.7. The Balaban J connectivity index is 1.53. The predicted molar refractivity (Wildman–Crippen MR) is 118 cm³/mol. The third-order valence-corrected chi connectivity index (χ3v) is 5.42. The number of rotatable bonds is 3. The fraction of sp³-hybridized carbons (Fsp3) is 0.0435. The molecule has 0 radical (unpaired) electrons. The molecule has 1 amide bonds. The zero-order chi connectivity index (χ0) is 20.0. The first-order chi connectivity index (χ1) is 14.1. The number of anilines is 1. The largest absolute Gasteiger partial charge is 0.451 e. The number of amides is 1. The van der Waals surface area contributed by atoms with E-state index in [9.17, 15) is 4.79 Å². The minimum Gasteiger partial charge on any atom is -0.451 e. The molecule has 2 N–H and O–H groups in total. The number of para-hydroxylation sites is 3. The summed E-state index contributed by atoms with van der Waals surface area (Å²) < 4.78 is 6.77. The molecule has 0 spiro atoms. The Labute approximate surface area is 174 Å². The van der Waals surface area contributed by atoms with Crippen molar-refractivity contribution >= 4 is 49.5 Å². The number of hydrogen-bond acceptors (Lipinski definition) is 3. The molecule has 0 saturated heterocycles. The topological polar surface area (TPSA) is 70.9 Å². The van der Waals surface area contributed by atoms with E-state index >= 15 is 0 Å². The summed E-state index contributed by atoms with van der Waals surface area (Å²) in [6.45, 7) is 1.89. The number of hydrogen-bond donors (Lipinski definition) is 2. The molecule has 2 aromatic heterocycles. The molecule has 6 heteroatoms. The van der Waals surface area contributed by atoms with Gasteiger partial charge in [0.1, 0.15) is 11.4 Å². The van der Waals surface area contributed by atoms with Crippen LogP contribution < -0.4 is 5.32 Å². The molecule has 5 nitrogen and oxygen atoms in total. The third-order valence-electron chi connectivity index (χ3n) is 4.92. The first-order valence-corrected chi connectivity index (χ1v) is 9.93. The highest BCUT2D eigenvalue weighted by Crippen LogP contribution is 2.31. The minimum absolute atomic E-state index is 0.293. The molecule has 0 aliphatic rings. The van der Waals surface area contributed by atoms with Crippen LogP contribution in [0.1, 0.15) is 16.1 Å². The van der Waals surface area contributed by atoms with Crippen molar-refractivity contribution in [2.75, 3.05) is 5.32 Å². The van der Waals surface area contributed by atoms with E-state index in [2.05, 4.69) is 31.2 Å². The number of furan rings is 1. The molecule has 2 heterocycles. The van der Waals surface area contributed by atoms with Crippen LogP contribution in [0.15, 0.2) is 75.6 Å². The number of aromatic amines is 1. The van der Waals surface area contributed by atoms with Crippen LogP contribution in [-0.2, 0) is 0 Å². The summed E-state index contributed by atoms with van der Waals surface area (Å²) in [4.78, 5) is 21.0. The number of nitrogens with zero attached hydrogens (tertiary/aromatic N) is 1. The molecule has 0 aliphatic heterocycles. The maximum absolute atomic E-state index is 13.0. The van der Waals surface area contributed by atoms with Gasteiger partial charge in [-0.1, -0.05) is 40.2 Å². The standard InChI is InChI=1S/C23H16BrN3O2/c1-13-16-12-14(24)10-11-20(16)29-21(13)23(28)27-17-7-3-2-6-15(17)22-25-18-8-4-5-9-19(18)26-22/h2-12H,1H3,(H,25,26)(H,27,28). The highest BCUT2D eigenvalue weighted by atomic mass is 79.9. The Morgan fingerprint density at radius 3 is 2.72 bits per heavy atom. The van der Waals surface area contributed by atoms with Crippen LogP contribution in [0.4, 0.5) is 5.69 Å². The van der Waals surface area contributed by atoms with E-state index in [0.717, 1.165) is 32.0 Å². The summed E-state index contributed by atoms with van der Waals surface area (Å²) >= 11 is 3.46. The summed E-state index contributed by atoms with van der Waals surface area (Å²) in [5, 5.41) is 3.89. The van der Waals surface area contributed by atoms with Gasteiger partial charge in [-0.15, -0.1) is 0 Å². The Morgan fingerprint density at radius 1 is 1.07 bits per heavy atom. The van der Waals surface area contributed by atoms with Gasteiger partial charge in [0.15, 0.2) is 5.76 Å². The Bertz CT molecular complexity index is 1350. The van der Waals surface area contributed by atoms with Crippen molar-refractivity contribution in [1.82, 2.24) is 9.97 Å². The van der Waals surface area contributed by atoms with Crippen molar-refractivity contribution in [3.05, 3.63) is 82.5 Å². The lowest BCUT2D eigenvalue weighted by Gasteiger charge is -2.08. The van der Waals surface area contributed by atoms with Crippen LogP contribution in [0.5, 0.6) is 0 Å². The van der Waals surface area contributed by atoms with Gasteiger partial charge in [0.05, 0.1) is 16.7 Å². The van der Waals surface area contributed by atoms with Gasteiger partial charge in [-0.3, -0.25) is 4.79 Å². The van der Waals surface area contributed by atoms with Gasteiger partial charge in [0.2, 0.25) is 0 Å². The van der Waals surface area contributed by atoms with E-state index in [4.69, 9.17) is 4.42 Å². The average molecular weight is 446 g/mol. The lowest BCUT2D eigenvalue weighted by molar-refractivity contribution is 0.0998. The van der Waals surface area contributed by atoms with Crippen molar-refractivity contribution in [1.29, 1.82) is 0 Å². The Kier molecular flexibility index (Phi) is 4.21. The fourth-order valence-electron chi connectivity index (χ4n) is 3.47. The number of imidazole rings is 1. The van der Waals surface area contributed by atoms with Crippen molar-refractivity contribution in [3.63, 3.8) is 0 Å². The number of carbonyl (C=O) groups excluding carboxylic acids is 1. The van der Waals surface area contributed by atoms with Gasteiger partial charge in [0, 0.05) is 21.0 Å². The van der Waals surface area contributed by atoms with Gasteiger partial charge >= 0.3 is 0 Å². The third kappa shape index (κ3) is 3.11. The fourth-order valence-corrected chi connectivity index (χ4v) is 3.83. The SMILES string of the molecule is Cc1c(C(=O)Nc2ccccc2-c2nc3ccccc3[nH]2)oc2ccc(Br)cc12. The van der Waals surface area contributed by atoms with Crippen molar-refractivity contribution in [3.8, 4) is 11.4 Å². The highest BCUT2D eigenvalue weighted by Gasteiger charge is 2.19. The van der Waals surface area contributed by atoms with Crippen LogP contribution in [0.3, 0.4) is 0 Å². The number of aromatic nitrogens is 2. The second-order valence-corrected chi connectivity index (χ2v) is 7.71. The zero-order valence-corrected chi connectivity index (χ0v) is 17.1. The van der Waals surface area contributed by atoms with E-state index < -0.39 is 0 Å². The minimum atomic E-state index is -0.293. The van der Waals surface area contributed by atoms with Crippen LogP contribution >= 0.6 is 15.9 Å². The van der Waals surface area contributed by atoms with Crippen LogP contribution in [-0.4, -0.2) is 15.9 Å². The average Bonchev–Trinajstić information content (AvgIpc) is 3.30.